The van der Waals surface area contributed by atoms with Gasteiger partial charge in [-0.2, -0.15) is 16.8 Å². The van der Waals surface area contributed by atoms with Gasteiger partial charge in [0, 0.05) is 17.1 Å². The van der Waals surface area contributed by atoms with E-state index in [-0.39, 0.29) is 0 Å². The highest BCUT2D eigenvalue weighted by Gasteiger charge is 2.38. The molecule has 19 heavy (non-hydrogen) atoms. The predicted molar refractivity (Wildman–Crippen MR) is 76.5 cm³/mol. The molecule has 2 fully saturated rings. The van der Waals surface area contributed by atoms with Crippen molar-refractivity contribution in [3.05, 3.63) is 29.8 Å². The van der Waals surface area contributed by atoms with E-state index in [2.05, 4.69) is 4.99 Å². The zero-order valence-electron chi connectivity index (χ0n) is 10.8. The Kier molecular flexibility index (Phi) is 3.63. The Morgan fingerprint density at radius 1 is 1.26 bits per heavy atom. The van der Waals surface area contributed by atoms with Crippen LogP contribution >= 0.6 is 11.8 Å². The van der Waals surface area contributed by atoms with E-state index in [0.29, 0.717) is 6.10 Å². The molecule has 1 aliphatic heterocycles. The number of hydrogen-bond donors (Lipinski definition) is 0. The quantitative estimate of drug-likeness (QED) is 0.625. The summed E-state index contributed by atoms with van der Waals surface area (Å²) < 4.78 is 6.05. The first-order chi connectivity index (χ1) is 9.34. The van der Waals surface area contributed by atoms with E-state index in [9.17, 15) is 4.79 Å². The van der Waals surface area contributed by atoms with E-state index >= 15 is 0 Å². The maximum atomic E-state index is 10.8. The Hall–Kier alpha value is -1.25. The summed E-state index contributed by atoms with van der Waals surface area (Å²) in [5, 5.41) is 0. The molecule has 0 aromatic heterocycles. The Morgan fingerprint density at radius 2 is 2.00 bits per heavy atom. The van der Waals surface area contributed by atoms with Crippen LogP contribution in [0, 0.1) is 0 Å². The third kappa shape index (κ3) is 2.43. The van der Waals surface area contributed by atoms with E-state index in [4.69, 9.17) is 4.74 Å². The molecule has 1 aromatic carbocycles. The minimum Gasteiger partial charge on any atom is -0.488 e. The molecule has 3 nitrogen and oxygen atoms in total. The van der Waals surface area contributed by atoms with Crippen LogP contribution in [0.5, 0.6) is 5.75 Å². The van der Waals surface area contributed by atoms with Crippen molar-refractivity contribution in [1.82, 2.24) is 0 Å². The van der Waals surface area contributed by atoms with E-state index in [1.807, 2.05) is 36.0 Å². The van der Waals surface area contributed by atoms with Crippen LogP contribution in [0.25, 0.3) is 0 Å². The highest BCUT2D eigenvalue weighted by molar-refractivity contribution is 8.00. The molecule has 1 saturated heterocycles. The zero-order valence-corrected chi connectivity index (χ0v) is 11.6. The summed E-state index contributed by atoms with van der Waals surface area (Å²) in [6.45, 7) is 0. The van der Waals surface area contributed by atoms with Crippen LogP contribution in [-0.2, 0) is 10.3 Å². The molecule has 0 amide bonds. The van der Waals surface area contributed by atoms with Gasteiger partial charge in [-0.25, -0.2) is 4.79 Å². The van der Waals surface area contributed by atoms with Gasteiger partial charge in [-0.1, -0.05) is 31.0 Å². The molecule has 1 aromatic rings. The number of para-hydroxylation sites is 1. The van der Waals surface area contributed by atoms with Crippen LogP contribution in [0.15, 0.2) is 29.3 Å². The molecule has 0 unspecified atom stereocenters. The average Bonchev–Trinajstić information content (AvgIpc) is 2.84. The van der Waals surface area contributed by atoms with Gasteiger partial charge in [0.2, 0.25) is 6.08 Å². The van der Waals surface area contributed by atoms with Gasteiger partial charge >= 0.3 is 0 Å². The second-order valence-electron chi connectivity index (χ2n) is 5.22. The van der Waals surface area contributed by atoms with E-state index in [0.717, 1.165) is 48.5 Å². The van der Waals surface area contributed by atoms with Crippen LogP contribution in [0.1, 0.15) is 31.2 Å². The molecule has 1 heterocycles. The van der Waals surface area contributed by atoms with E-state index in [1.165, 1.54) is 0 Å². The smallest absolute Gasteiger partial charge is 0.235 e. The van der Waals surface area contributed by atoms with Crippen LogP contribution in [-0.4, -0.2) is 23.7 Å². The van der Waals surface area contributed by atoms with Crippen LogP contribution in [0.2, 0.25) is 0 Å². The fourth-order valence-electron chi connectivity index (χ4n) is 2.90. The Labute approximate surface area is 117 Å². The Balaban J connectivity index is 1.95. The lowest BCUT2D eigenvalue weighted by molar-refractivity contribution is 0.232. The van der Waals surface area contributed by atoms with Gasteiger partial charge in [-0.15, -0.1) is 0 Å². The number of benzene rings is 1. The van der Waals surface area contributed by atoms with E-state index < -0.39 is 5.54 Å². The fourth-order valence-corrected chi connectivity index (χ4v) is 3.47. The maximum absolute atomic E-state index is 10.8. The molecule has 0 bridgehead atoms. The minimum absolute atomic E-state index is 0.310. The molecule has 1 aliphatic carbocycles. The number of ether oxygens (including phenoxy) is 1. The lowest BCUT2D eigenvalue weighted by Gasteiger charge is -2.30. The number of aliphatic imine (C=N–C) groups is 1. The number of thioether (sulfide) groups is 1. The molecule has 0 N–H and O–H groups in total. The Bertz CT molecular complexity index is 501. The minimum atomic E-state index is -0.394. The largest absolute Gasteiger partial charge is 0.488 e. The second kappa shape index (κ2) is 5.40. The average molecular weight is 275 g/mol. The fraction of sp³-hybridized carbons (Fsp3) is 0.533. The summed E-state index contributed by atoms with van der Waals surface area (Å²) in [4.78, 5) is 15.0. The van der Waals surface area contributed by atoms with Gasteiger partial charge < -0.3 is 4.74 Å². The SMILES string of the molecule is O=C=NC1(c2ccccc2OC2CSC2)CCCC1. The number of hydrogen-bond acceptors (Lipinski definition) is 4. The molecule has 100 valence electrons. The third-order valence-corrected chi connectivity index (χ3v) is 5.19. The van der Waals surface area contributed by atoms with Crippen molar-refractivity contribution in [3.63, 3.8) is 0 Å². The number of rotatable bonds is 4. The van der Waals surface area contributed by atoms with Crippen molar-refractivity contribution in [3.8, 4) is 5.75 Å². The number of isocyanates is 1. The molecule has 4 heteroatoms. The zero-order chi connectivity index (χ0) is 13.1. The molecular weight excluding hydrogens is 258 g/mol. The maximum Gasteiger partial charge on any atom is 0.235 e. The molecule has 1 saturated carbocycles. The number of carbonyl (C=O) groups excluding carboxylic acids is 1. The summed E-state index contributed by atoms with van der Waals surface area (Å²) in [5.41, 5.74) is 0.669. The van der Waals surface area contributed by atoms with Gasteiger partial charge in [0.15, 0.2) is 0 Å². The van der Waals surface area contributed by atoms with E-state index in [1.54, 1.807) is 6.08 Å². The van der Waals surface area contributed by atoms with Crippen molar-refractivity contribution in [2.45, 2.75) is 37.3 Å². The van der Waals surface area contributed by atoms with Crippen LogP contribution < -0.4 is 4.74 Å². The first-order valence-electron chi connectivity index (χ1n) is 6.77. The van der Waals surface area contributed by atoms with Gasteiger partial charge in [0.05, 0.1) is 0 Å². The molecule has 0 radical (unpaired) electrons. The van der Waals surface area contributed by atoms with Gasteiger partial charge in [0.1, 0.15) is 17.4 Å². The first-order valence-corrected chi connectivity index (χ1v) is 7.92. The summed E-state index contributed by atoms with van der Waals surface area (Å²) in [5.74, 6) is 3.00. The Morgan fingerprint density at radius 3 is 2.63 bits per heavy atom. The summed E-state index contributed by atoms with van der Waals surface area (Å²) in [7, 11) is 0. The molecular formula is C15H17NO2S. The highest BCUT2D eigenvalue weighted by Crippen LogP contribution is 2.46. The van der Waals surface area contributed by atoms with Gasteiger partial charge in [0.25, 0.3) is 0 Å². The van der Waals surface area contributed by atoms with Gasteiger partial charge in [-0.3, -0.25) is 0 Å². The highest BCUT2D eigenvalue weighted by atomic mass is 32.2. The monoisotopic (exact) mass is 275 g/mol. The molecule has 2 aliphatic rings. The summed E-state index contributed by atoms with van der Waals surface area (Å²) in [6.07, 6.45) is 6.14. The molecule has 0 atom stereocenters. The van der Waals surface area contributed by atoms with Crippen molar-refractivity contribution in [2.75, 3.05) is 11.5 Å². The van der Waals surface area contributed by atoms with Crippen molar-refractivity contribution in [1.29, 1.82) is 0 Å². The lowest BCUT2D eigenvalue weighted by atomic mass is 9.88. The third-order valence-electron chi connectivity index (χ3n) is 3.98. The second-order valence-corrected chi connectivity index (χ2v) is 6.29. The van der Waals surface area contributed by atoms with Crippen molar-refractivity contribution >= 4 is 17.8 Å². The first kappa shape index (κ1) is 12.8. The topological polar surface area (TPSA) is 38.7 Å². The van der Waals surface area contributed by atoms with Gasteiger partial charge in [-0.05, 0) is 18.9 Å². The lowest BCUT2D eigenvalue weighted by Crippen LogP contribution is -2.32. The van der Waals surface area contributed by atoms with Crippen LogP contribution in [0.4, 0.5) is 0 Å². The summed E-state index contributed by atoms with van der Waals surface area (Å²) >= 11 is 1.90. The predicted octanol–water partition coefficient (Wildman–Crippen LogP) is 3.29. The normalized spacial score (nSPS) is 21.5. The molecule has 0 spiro atoms. The van der Waals surface area contributed by atoms with Crippen LogP contribution in [0.3, 0.4) is 0 Å². The number of nitrogens with zero attached hydrogens (tertiary/aromatic N) is 1. The van der Waals surface area contributed by atoms with Crippen molar-refractivity contribution in [2.24, 2.45) is 4.99 Å². The van der Waals surface area contributed by atoms with Crippen molar-refractivity contribution < 1.29 is 9.53 Å². The molecule has 3 rings (SSSR count). The standard InChI is InChI=1S/C15H17NO2S/c17-11-16-15(7-3-4-8-15)13-5-1-2-6-14(13)18-12-9-19-10-12/h1-2,5-6,12H,3-4,7-10H2. The summed E-state index contributed by atoms with van der Waals surface area (Å²) in [6, 6.07) is 8.03.